The van der Waals surface area contributed by atoms with Gasteiger partial charge in [0.25, 0.3) is 0 Å². The number of hydrogen-bond donors (Lipinski definition) is 1. The molecule has 0 unspecified atom stereocenters. The minimum atomic E-state index is -0.438. The number of ether oxygens (including phenoxy) is 3. The van der Waals surface area contributed by atoms with Crippen molar-refractivity contribution in [3.63, 3.8) is 0 Å². The molecule has 0 bridgehead atoms. The zero-order chi connectivity index (χ0) is 16.2. The summed E-state index contributed by atoms with van der Waals surface area (Å²) in [6.45, 7) is 2.07. The van der Waals surface area contributed by atoms with Crippen LogP contribution in [0.1, 0.15) is 17.4 Å². The zero-order valence-electron chi connectivity index (χ0n) is 13.0. The molecule has 0 aliphatic rings. The topological polar surface area (TPSA) is 60.6 Å². The van der Waals surface area contributed by atoms with Gasteiger partial charge in [-0.25, -0.2) is 4.79 Å². The highest BCUT2D eigenvalue weighted by atomic mass is 16.5. The highest BCUT2D eigenvalue weighted by Gasteiger charge is 2.20. The quantitative estimate of drug-likeness (QED) is 0.719. The Morgan fingerprint density at radius 2 is 1.74 bits per heavy atom. The van der Waals surface area contributed by atoms with Crippen LogP contribution in [0, 0.1) is 0 Å². The Bertz CT molecular complexity index is 821. The summed E-state index contributed by atoms with van der Waals surface area (Å²) < 4.78 is 16.2. The highest BCUT2D eigenvalue weighted by molar-refractivity contribution is 6.01. The predicted octanol–water partition coefficient (Wildman–Crippen LogP) is 4.15. The van der Waals surface area contributed by atoms with Gasteiger partial charge in [-0.15, -0.1) is 0 Å². The number of esters is 1. The Hall–Kier alpha value is -2.95. The number of carbonyl (C=O) groups excluding carboxylic acids is 1. The third-order valence-electron chi connectivity index (χ3n) is 3.42. The van der Waals surface area contributed by atoms with Gasteiger partial charge in [0.05, 0.1) is 13.7 Å². The second kappa shape index (κ2) is 6.44. The summed E-state index contributed by atoms with van der Waals surface area (Å²) in [6.07, 6.45) is 0. The van der Waals surface area contributed by atoms with E-state index in [1.54, 1.807) is 38.3 Å². The molecule has 1 heterocycles. The van der Waals surface area contributed by atoms with Crippen molar-refractivity contribution in [1.29, 1.82) is 0 Å². The number of benzene rings is 2. The molecule has 2 aromatic carbocycles. The van der Waals surface area contributed by atoms with Crippen LogP contribution < -0.4 is 9.47 Å². The molecule has 0 saturated heterocycles. The van der Waals surface area contributed by atoms with E-state index >= 15 is 0 Å². The van der Waals surface area contributed by atoms with E-state index in [4.69, 9.17) is 14.2 Å². The van der Waals surface area contributed by atoms with Crippen LogP contribution in [0.15, 0.2) is 48.5 Å². The molecule has 3 rings (SSSR count). The minimum Gasteiger partial charge on any atom is -0.497 e. The van der Waals surface area contributed by atoms with Gasteiger partial charge in [0, 0.05) is 10.9 Å². The van der Waals surface area contributed by atoms with Crippen LogP contribution in [0.25, 0.3) is 10.9 Å². The van der Waals surface area contributed by atoms with Crippen molar-refractivity contribution < 1.29 is 19.0 Å². The molecule has 5 heteroatoms. The third kappa shape index (κ3) is 2.99. The normalized spacial score (nSPS) is 10.5. The summed E-state index contributed by atoms with van der Waals surface area (Å²) in [5.74, 6) is 1.37. The van der Waals surface area contributed by atoms with E-state index < -0.39 is 5.97 Å². The van der Waals surface area contributed by atoms with Crippen LogP contribution in [0.3, 0.4) is 0 Å². The maximum atomic E-state index is 12.2. The Labute approximate surface area is 133 Å². The molecule has 0 fully saturated rings. The van der Waals surface area contributed by atoms with Crippen molar-refractivity contribution in [2.45, 2.75) is 6.92 Å². The fourth-order valence-electron chi connectivity index (χ4n) is 2.33. The van der Waals surface area contributed by atoms with Crippen molar-refractivity contribution in [3.8, 4) is 17.2 Å². The van der Waals surface area contributed by atoms with Crippen LogP contribution >= 0.6 is 0 Å². The van der Waals surface area contributed by atoms with E-state index in [2.05, 4.69) is 4.98 Å². The zero-order valence-corrected chi connectivity index (χ0v) is 13.0. The number of H-pyrrole nitrogens is 1. The molecule has 5 nitrogen and oxygen atoms in total. The van der Waals surface area contributed by atoms with Crippen LogP contribution in [0.5, 0.6) is 17.2 Å². The maximum absolute atomic E-state index is 12.2. The fraction of sp³-hybridized carbons (Fsp3) is 0.167. The molecule has 0 saturated carbocycles. The van der Waals surface area contributed by atoms with Crippen molar-refractivity contribution in [2.24, 2.45) is 0 Å². The number of aromatic nitrogens is 1. The molecule has 23 heavy (non-hydrogen) atoms. The molecule has 0 atom stereocenters. The van der Waals surface area contributed by atoms with E-state index in [1.807, 2.05) is 24.3 Å². The van der Waals surface area contributed by atoms with Crippen LogP contribution in [0.4, 0.5) is 0 Å². The van der Waals surface area contributed by atoms with Gasteiger partial charge < -0.3 is 19.2 Å². The Balaban J connectivity index is 2.02. The number of hydrogen-bond acceptors (Lipinski definition) is 4. The molecule has 0 aliphatic carbocycles. The van der Waals surface area contributed by atoms with Gasteiger partial charge in [-0.3, -0.25) is 0 Å². The van der Waals surface area contributed by atoms with Gasteiger partial charge in [-0.05, 0) is 43.3 Å². The molecule has 0 radical (unpaired) electrons. The Morgan fingerprint density at radius 1 is 1.04 bits per heavy atom. The van der Waals surface area contributed by atoms with E-state index in [1.165, 1.54) is 0 Å². The maximum Gasteiger partial charge on any atom is 0.358 e. The number of para-hydroxylation sites is 1. The van der Waals surface area contributed by atoms with Crippen LogP contribution in [-0.4, -0.2) is 24.7 Å². The van der Waals surface area contributed by atoms with E-state index in [-0.39, 0.29) is 0 Å². The standard InChI is InChI=1S/C18H17NO4/c1-3-22-18(20)16-17(14-6-4-5-7-15(14)19-16)23-13-10-8-12(21-2)9-11-13/h4-11,19H,3H2,1-2H3. The first-order chi connectivity index (χ1) is 11.2. The van der Waals surface area contributed by atoms with Gasteiger partial charge in [0.1, 0.15) is 11.5 Å². The summed E-state index contributed by atoms with van der Waals surface area (Å²) in [5, 5.41) is 0.825. The SMILES string of the molecule is CCOC(=O)c1[nH]c2ccccc2c1Oc1ccc(OC)cc1. The average molecular weight is 311 g/mol. The van der Waals surface area contributed by atoms with Gasteiger partial charge in [0.15, 0.2) is 11.4 Å². The molecule has 0 spiro atoms. The van der Waals surface area contributed by atoms with Crippen LogP contribution in [0.2, 0.25) is 0 Å². The van der Waals surface area contributed by atoms with Crippen LogP contribution in [-0.2, 0) is 4.74 Å². The monoisotopic (exact) mass is 311 g/mol. The number of aromatic amines is 1. The molecule has 0 amide bonds. The number of methoxy groups -OCH3 is 1. The van der Waals surface area contributed by atoms with E-state index in [0.29, 0.717) is 23.8 Å². The molecule has 0 aliphatic heterocycles. The first kappa shape index (κ1) is 15.0. The summed E-state index contributed by atoms with van der Waals surface area (Å²) in [7, 11) is 1.61. The van der Waals surface area contributed by atoms with Gasteiger partial charge in [0.2, 0.25) is 0 Å². The molecular formula is C18H17NO4. The van der Waals surface area contributed by atoms with Crippen molar-refractivity contribution in [1.82, 2.24) is 4.98 Å². The number of fused-ring (bicyclic) bond motifs is 1. The van der Waals surface area contributed by atoms with Gasteiger partial charge in [-0.2, -0.15) is 0 Å². The largest absolute Gasteiger partial charge is 0.497 e. The minimum absolute atomic E-state index is 0.302. The lowest BCUT2D eigenvalue weighted by molar-refractivity contribution is 0.0518. The van der Waals surface area contributed by atoms with Crippen molar-refractivity contribution in [3.05, 3.63) is 54.2 Å². The summed E-state index contributed by atoms with van der Waals surface area (Å²) in [4.78, 5) is 15.2. The van der Waals surface area contributed by atoms with Gasteiger partial charge >= 0.3 is 5.97 Å². The first-order valence-corrected chi connectivity index (χ1v) is 7.32. The number of carbonyl (C=O) groups is 1. The molecule has 1 N–H and O–H groups in total. The lowest BCUT2D eigenvalue weighted by Crippen LogP contribution is -2.06. The third-order valence-corrected chi connectivity index (χ3v) is 3.42. The smallest absolute Gasteiger partial charge is 0.358 e. The summed E-state index contributed by atoms with van der Waals surface area (Å²) in [5.41, 5.74) is 1.13. The molecule has 1 aromatic heterocycles. The van der Waals surface area contributed by atoms with Crippen molar-refractivity contribution >= 4 is 16.9 Å². The molecule has 3 aromatic rings. The number of rotatable bonds is 5. The summed E-state index contributed by atoms with van der Waals surface area (Å²) in [6, 6.07) is 14.7. The fourth-order valence-corrected chi connectivity index (χ4v) is 2.33. The van der Waals surface area contributed by atoms with E-state index in [9.17, 15) is 4.79 Å². The first-order valence-electron chi connectivity index (χ1n) is 7.32. The lowest BCUT2D eigenvalue weighted by Gasteiger charge is -2.08. The lowest BCUT2D eigenvalue weighted by atomic mass is 10.2. The van der Waals surface area contributed by atoms with Crippen molar-refractivity contribution in [2.75, 3.05) is 13.7 Å². The average Bonchev–Trinajstić information content (AvgIpc) is 2.95. The highest BCUT2D eigenvalue weighted by Crippen LogP contribution is 2.34. The second-order valence-corrected chi connectivity index (χ2v) is 4.87. The molecular weight excluding hydrogens is 294 g/mol. The van der Waals surface area contributed by atoms with Gasteiger partial charge in [-0.1, -0.05) is 12.1 Å². The number of nitrogens with one attached hydrogen (secondary N) is 1. The second-order valence-electron chi connectivity index (χ2n) is 4.87. The predicted molar refractivity (Wildman–Crippen MR) is 87.3 cm³/mol. The van der Waals surface area contributed by atoms with E-state index in [0.717, 1.165) is 16.7 Å². The summed E-state index contributed by atoms with van der Waals surface area (Å²) >= 11 is 0. The Kier molecular flexibility index (Phi) is 4.19. The molecule has 118 valence electrons. The Morgan fingerprint density at radius 3 is 2.43 bits per heavy atom.